The first-order valence-corrected chi connectivity index (χ1v) is 14.8. The number of para-hydroxylation sites is 1. The summed E-state index contributed by atoms with van der Waals surface area (Å²) in [4.78, 5) is 42.1. The molecular weight excluding hydrogens is 538 g/mol. The number of rotatable bonds is 9. The number of thiophene rings is 1. The highest BCUT2D eigenvalue weighted by Gasteiger charge is 2.48. The molecule has 2 fully saturated rings. The van der Waals surface area contributed by atoms with Crippen molar-refractivity contribution in [1.82, 2.24) is 15.5 Å². The van der Waals surface area contributed by atoms with Crippen LogP contribution in [0.15, 0.2) is 66.0 Å². The van der Waals surface area contributed by atoms with Gasteiger partial charge in [-0.1, -0.05) is 37.5 Å². The second-order valence-corrected chi connectivity index (χ2v) is 11.9. The average molecular weight is 574 g/mol. The number of benzene rings is 2. The number of ether oxygens (including phenoxy) is 1. The molecule has 9 nitrogen and oxygen atoms in total. The highest BCUT2D eigenvalue weighted by Crippen LogP contribution is 2.46. The van der Waals surface area contributed by atoms with Gasteiger partial charge in [-0.15, -0.1) is 11.3 Å². The maximum Gasteiger partial charge on any atom is 0.251 e. The zero-order valence-corrected chi connectivity index (χ0v) is 23.7. The fraction of sp³-hybridized carbons (Fsp3) is 0.355. The van der Waals surface area contributed by atoms with Gasteiger partial charge < -0.3 is 26.0 Å². The van der Waals surface area contributed by atoms with Crippen molar-refractivity contribution in [2.24, 2.45) is 11.1 Å². The standard InChI is InChI=1S/C31H35N5O4S/c32-28(33)22-15-25(41-19-22)17-34-30(39)26-16-31(13-5-2-6-14-31)20-36(26)27(37)18-35-29(38)21-9-11-24(12-10-21)40-23-7-3-1-4-8-23/h1,3-4,7-12,15,19,26H,2,5-6,13-14,16-18,20H2,(H3,32,33)(H,34,39)(H,35,38)/t26-/m0/s1. The van der Waals surface area contributed by atoms with Crippen LogP contribution in [0.4, 0.5) is 0 Å². The third kappa shape index (κ3) is 6.94. The molecule has 2 aromatic carbocycles. The molecule has 1 aliphatic heterocycles. The minimum absolute atomic E-state index is 0.0101. The van der Waals surface area contributed by atoms with Crippen LogP contribution in [0.1, 0.15) is 59.3 Å². The number of likely N-dealkylation sites (tertiary alicyclic amines) is 1. The molecule has 214 valence electrons. The molecule has 0 unspecified atom stereocenters. The third-order valence-corrected chi connectivity index (χ3v) is 8.88. The Bertz CT molecular complexity index is 1400. The lowest BCUT2D eigenvalue weighted by molar-refractivity contribution is -0.137. The number of carbonyl (C=O) groups excluding carboxylic acids is 3. The number of hydrogen-bond acceptors (Lipinski definition) is 6. The van der Waals surface area contributed by atoms with Crippen LogP contribution >= 0.6 is 11.3 Å². The summed E-state index contributed by atoms with van der Waals surface area (Å²) in [6, 6.07) is 17.3. The summed E-state index contributed by atoms with van der Waals surface area (Å²) in [6.45, 7) is 0.648. The monoisotopic (exact) mass is 573 g/mol. The summed E-state index contributed by atoms with van der Waals surface area (Å²) < 4.78 is 5.78. The zero-order valence-electron chi connectivity index (χ0n) is 22.9. The van der Waals surface area contributed by atoms with E-state index >= 15 is 0 Å². The van der Waals surface area contributed by atoms with E-state index in [1.807, 2.05) is 30.3 Å². The number of amidine groups is 1. The molecule has 5 rings (SSSR count). The van der Waals surface area contributed by atoms with E-state index in [9.17, 15) is 14.4 Å². The van der Waals surface area contributed by atoms with Crippen molar-refractivity contribution in [1.29, 1.82) is 5.41 Å². The highest BCUT2D eigenvalue weighted by molar-refractivity contribution is 7.10. The molecule has 41 heavy (non-hydrogen) atoms. The van der Waals surface area contributed by atoms with Gasteiger partial charge in [-0.05, 0) is 67.1 Å². The summed E-state index contributed by atoms with van der Waals surface area (Å²) in [5.41, 5.74) is 6.55. The van der Waals surface area contributed by atoms with Crippen molar-refractivity contribution in [3.63, 3.8) is 0 Å². The number of nitrogens with one attached hydrogen (secondary N) is 3. The second kappa shape index (κ2) is 12.6. The van der Waals surface area contributed by atoms with Gasteiger partial charge in [0.2, 0.25) is 11.8 Å². The molecule has 1 atom stereocenters. The molecule has 5 N–H and O–H groups in total. The number of hydrogen-bond donors (Lipinski definition) is 4. The first-order chi connectivity index (χ1) is 19.8. The lowest BCUT2D eigenvalue weighted by atomic mass is 9.72. The van der Waals surface area contributed by atoms with E-state index in [1.165, 1.54) is 17.8 Å². The third-order valence-electron chi connectivity index (χ3n) is 7.94. The maximum atomic E-state index is 13.4. The molecule has 2 heterocycles. The normalized spacial score (nSPS) is 17.7. The largest absolute Gasteiger partial charge is 0.457 e. The Balaban J connectivity index is 1.20. The smallest absolute Gasteiger partial charge is 0.251 e. The summed E-state index contributed by atoms with van der Waals surface area (Å²) in [6.07, 6.45) is 5.99. The van der Waals surface area contributed by atoms with Crippen molar-refractivity contribution in [2.45, 2.75) is 51.1 Å². The van der Waals surface area contributed by atoms with Crippen molar-refractivity contribution in [2.75, 3.05) is 13.1 Å². The van der Waals surface area contributed by atoms with Crippen LogP contribution in [0.5, 0.6) is 11.5 Å². The van der Waals surface area contributed by atoms with E-state index in [0.29, 0.717) is 42.1 Å². The quantitative estimate of drug-likeness (QED) is 0.222. The van der Waals surface area contributed by atoms with Gasteiger partial charge in [0.1, 0.15) is 23.4 Å². The van der Waals surface area contributed by atoms with Crippen LogP contribution in [-0.2, 0) is 16.1 Å². The fourth-order valence-electron chi connectivity index (χ4n) is 5.78. The molecule has 1 spiro atoms. The SMILES string of the molecule is N=C(N)c1csc(CNC(=O)[C@@H]2CC3(CCCCC3)CN2C(=O)CNC(=O)c2ccc(Oc3ccccc3)cc2)c1. The first-order valence-electron chi connectivity index (χ1n) is 13.9. The Morgan fingerprint density at radius 2 is 1.68 bits per heavy atom. The van der Waals surface area contributed by atoms with E-state index in [4.69, 9.17) is 15.9 Å². The molecular formula is C31H35N5O4S. The minimum atomic E-state index is -0.584. The second-order valence-electron chi connectivity index (χ2n) is 10.9. The molecule has 1 aliphatic carbocycles. The molecule has 2 aliphatic rings. The molecule has 1 aromatic heterocycles. The lowest BCUT2D eigenvalue weighted by Gasteiger charge is -2.33. The van der Waals surface area contributed by atoms with Gasteiger partial charge in [-0.3, -0.25) is 19.8 Å². The summed E-state index contributed by atoms with van der Waals surface area (Å²) >= 11 is 1.43. The molecule has 0 radical (unpaired) electrons. The van der Waals surface area contributed by atoms with Crippen LogP contribution in [0, 0.1) is 10.8 Å². The van der Waals surface area contributed by atoms with Crippen LogP contribution in [-0.4, -0.2) is 47.6 Å². The van der Waals surface area contributed by atoms with Gasteiger partial charge in [0, 0.05) is 27.9 Å². The van der Waals surface area contributed by atoms with Gasteiger partial charge >= 0.3 is 0 Å². The zero-order chi connectivity index (χ0) is 28.8. The van der Waals surface area contributed by atoms with Crippen LogP contribution in [0.3, 0.4) is 0 Å². The van der Waals surface area contributed by atoms with Crippen LogP contribution < -0.4 is 21.1 Å². The predicted molar refractivity (Wildman–Crippen MR) is 158 cm³/mol. The average Bonchev–Trinajstić information content (AvgIpc) is 3.61. The Morgan fingerprint density at radius 3 is 2.37 bits per heavy atom. The number of nitrogens with zero attached hydrogens (tertiary/aromatic N) is 1. The molecule has 1 saturated carbocycles. The predicted octanol–water partition coefficient (Wildman–Crippen LogP) is 4.42. The van der Waals surface area contributed by atoms with Gasteiger partial charge in [-0.2, -0.15) is 0 Å². The number of nitrogen functional groups attached to an aromatic ring is 1. The molecule has 3 amide bonds. The summed E-state index contributed by atoms with van der Waals surface area (Å²) in [5.74, 6) is 0.471. The number of nitrogens with two attached hydrogens (primary N) is 1. The van der Waals surface area contributed by atoms with Crippen molar-refractivity contribution >= 4 is 34.9 Å². The van der Waals surface area contributed by atoms with Crippen molar-refractivity contribution < 1.29 is 19.1 Å². The van der Waals surface area contributed by atoms with Crippen molar-refractivity contribution in [3.05, 3.63) is 82.0 Å². The molecule has 3 aromatic rings. The van der Waals surface area contributed by atoms with Gasteiger partial charge in [0.15, 0.2) is 0 Å². The minimum Gasteiger partial charge on any atom is -0.457 e. The summed E-state index contributed by atoms with van der Waals surface area (Å²) in [5, 5.41) is 15.1. The molecule has 1 saturated heterocycles. The maximum absolute atomic E-state index is 13.4. The topological polar surface area (TPSA) is 138 Å². The first kappa shape index (κ1) is 28.4. The van der Waals surface area contributed by atoms with Gasteiger partial charge in [-0.25, -0.2) is 0 Å². The van der Waals surface area contributed by atoms with Crippen LogP contribution in [0.2, 0.25) is 0 Å². The Hall–Kier alpha value is -4.18. The van der Waals surface area contributed by atoms with Crippen molar-refractivity contribution in [3.8, 4) is 11.5 Å². The van der Waals surface area contributed by atoms with E-state index in [0.717, 1.165) is 30.6 Å². The summed E-state index contributed by atoms with van der Waals surface area (Å²) in [7, 11) is 0. The number of amides is 3. The van der Waals surface area contributed by atoms with Gasteiger partial charge in [0.25, 0.3) is 5.91 Å². The van der Waals surface area contributed by atoms with E-state index in [1.54, 1.807) is 40.6 Å². The Morgan fingerprint density at radius 1 is 0.976 bits per heavy atom. The van der Waals surface area contributed by atoms with Gasteiger partial charge in [0.05, 0.1) is 13.1 Å². The molecule has 10 heteroatoms. The van der Waals surface area contributed by atoms with Crippen LogP contribution in [0.25, 0.3) is 0 Å². The molecule has 0 bridgehead atoms. The van der Waals surface area contributed by atoms with E-state index in [2.05, 4.69) is 10.6 Å². The fourth-order valence-corrected chi connectivity index (χ4v) is 6.61. The van der Waals surface area contributed by atoms with E-state index in [-0.39, 0.29) is 35.5 Å². The number of carbonyl (C=O) groups is 3. The van der Waals surface area contributed by atoms with E-state index < -0.39 is 6.04 Å². The lowest BCUT2D eigenvalue weighted by Crippen LogP contribution is -2.49. The Kier molecular flexibility index (Phi) is 8.68. The highest BCUT2D eigenvalue weighted by atomic mass is 32.1. The Labute approximate surface area is 243 Å².